The van der Waals surface area contributed by atoms with Gasteiger partial charge in [0.2, 0.25) is 11.6 Å². The van der Waals surface area contributed by atoms with E-state index in [0.29, 0.717) is 20.8 Å². The SMILES string of the molecule is COC1(C#N)CC(F)(F)CN1C(=O)CNC(=O)c1ccnc2ccc(-c3ccc4cc(Cl)ccc4c3)cc12. The van der Waals surface area contributed by atoms with E-state index in [9.17, 15) is 23.6 Å². The van der Waals surface area contributed by atoms with Crippen molar-refractivity contribution in [2.45, 2.75) is 18.1 Å². The minimum absolute atomic E-state index is 0.266. The van der Waals surface area contributed by atoms with E-state index in [1.807, 2.05) is 48.5 Å². The second-order valence-electron chi connectivity index (χ2n) is 9.09. The molecule has 0 radical (unpaired) electrons. The van der Waals surface area contributed by atoms with Crippen molar-refractivity contribution in [2.75, 3.05) is 20.2 Å². The fourth-order valence-electron chi connectivity index (χ4n) is 4.74. The van der Waals surface area contributed by atoms with Crippen LogP contribution in [0.1, 0.15) is 16.8 Å². The van der Waals surface area contributed by atoms with Gasteiger partial charge in [-0.25, -0.2) is 8.78 Å². The van der Waals surface area contributed by atoms with Crippen molar-refractivity contribution in [3.05, 3.63) is 77.4 Å². The van der Waals surface area contributed by atoms with Gasteiger partial charge >= 0.3 is 0 Å². The fourth-order valence-corrected chi connectivity index (χ4v) is 4.93. The summed E-state index contributed by atoms with van der Waals surface area (Å²) in [6.07, 6.45) is 0.539. The summed E-state index contributed by atoms with van der Waals surface area (Å²) >= 11 is 6.09. The van der Waals surface area contributed by atoms with Crippen LogP contribution in [0.2, 0.25) is 5.02 Å². The molecule has 4 aromatic rings. The van der Waals surface area contributed by atoms with Crippen LogP contribution in [0.15, 0.2) is 66.9 Å². The van der Waals surface area contributed by atoms with Gasteiger partial charge in [0, 0.05) is 23.7 Å². The van der Waals surface area contributed by atoms with Gasteiger partial charge in [-0.05, 0) is 58.3 Å². The third-order valence-corrected chi connectivity index (χ3v) is 6.89. The Hall–Kier alpha value is -4.13. The first-order chi connectivity index (χ1) is 18.1. The van der Waals surface area contributed by atoms with Gasteiger partial charge in [-0.15, -0.1) is 0 Å². The number of benzene rings is 3. The quantitative estimate of drug-likeness (QED) is 0.381. The first kappa shape index (κ1) is 25.5. The molecule has 38 heavy (non-hydrogen) atoms. The highest BCUT2D eigenvalue weighted by Gasteiger charge is 2.58. The highest BCUT2D eigenvalue weighted by atomic mass is 35.5. The van der Waals surface area contributed by atoms with E-state index in [1.165, 1.54) is 12.3 Å². The summed E-state index contributed by atoms with van der Waals surface area (Å²) in [7, 11) is 1.09. The predicted molar refractivity (Wildman–Crippen MR) is 139 cm³/mol. The number of likely N-dealkylation sites (tertiary alicyclic amines) is 1. The van der Waals surface area contributed by atoms with Crippen LogP contribution in [0.5, 0.6) is 0 Å². The van der Waals surface area contributed by atoms with Crippen molar-refractivity contribution in [1.29, 1.82) is 5.26 Å². The highest BCUT2D eigenvalue weighted by Crippen LogP contribution is 2.39. The van der Waals surface area contributed by atoms with Gasteiger partial charge in [0.25, 0.3) is 11.8 Å². The number of methoxy groups -OCH3 is 1. The number of nitriles is 1. The topological polar surface area (TPSA) is 95.3 Å². The van der Waals surface area contributed by atoms with Gasteiger partial charge in [0.05, 0.1) is 30.6 Å². The standard InChI is InChI=1S/C28H21ClF2N4O3/c1-38-28(15-32)14-27(30,31)16-35(28)25(36)13-34-26(37)22-8-9-33-24-7-5-20(12-23(22)24)17-2-3-19-11-21(29)6-4-18(19)10-17/h2-12H,13-14,16H2,1H3,(H,34,37). The van der Waals surface area contributed by atoms with Gasteiger partial charge < -0.3 is 10.1 Å². The number of pyridine rings is 1. The lowest BCUT2D eigenvalue weighted by Gasteiger charge is -2.29. The third-order valence-electron chi connectivity index (χ3n) is 6.66. The Morgan fingerprint density at radius 3 is 2.58 bits per heavy atom. The monoisotopic (exact) mass is 534 g/mol. The Morgan fingerprint density at radius 1 is 1.11 bits per heavy atom. The Balaban J connectivity index is 1.40. The number of alkyl halides is 2. The van der Waals surface area contributed by atoms with E-state index in [0.717, 1.165) is 29.0 Å². The molecule has 3 aromatic carbocycles. The van der Waals surface area contributed by atoms with Crippen LogP contribution in [0.3, 0.4) is 0 Å². The summed E-state index contributed by atoms with van der Waals surface area (Å²) in [6.45, 7) is -1.55. The summed E-state index contributed by atoms with van der Waals surface area (Å²) in [5.74, 6) is -4.71. The van der Waals surface area contributed by atoms with Gasteiger partial charge in [-0.2, -0.15) is 5.26 Å². The molecule has 1 saturated heterocycles. The number of fused-ring (bicyclic) bond motifs is 2. The molecule has 192 valence electrons. The molecular formula is C28H21ClF2N4O3. The first-order valence-electron chi connectivity index (χ1n) is 11.7. The third kappa shape index (κ3) is 4.64. The van der Waals surface area contributed by atoms with Gasteiger partial charge in [-0.1, -0.05) is 35.9 Å². The molecule has 7 nitrogen and oxygen atoms in total. The molecule has 0 aliphatic carbocycles. The maximum absolute atomic E-state index is 14.0. The number of hydrogen-bond acceptors (Lipinski definition) is 5. The van der Waals surface area contributed by atoms with Gasteiger partial charge in [0.1, 0.15) is 6.07 Å². The molecule has 0 saturated carbocycles. The molecule has 2 amide bonds. The van der Waals surface area contributed by atoms with Crippen molar-refractivity contribution < 1.29 is 23.1 Å². The first-order valence-corrected chi connectivity index (χ1v) is 12.0. The molecule has 10 heteroatoms. The van der Waals surface area contributed by atoms with E-state index in [2.05, 4.69) is 10.3 Å². The molecule has 1 aliphatic heterocycles. The Kier molecular flexibility index (Phi) is 6.47. The van der Waals surface area contributed by atoms with E-state index in [4.69, 9.17) is 16.3 Å². The lowest BCUT2D eigenvalue weighted by atomic mass is 9.98. The van der Waals surface area contributed by atoms with Crippen LogP contribution < -0.4 is 5.32 Å². The number of halogens is 3. The average molecular weight is 535 g/mol. The molecule has 1 aliphatic rings. The highest BCUT2D eigenvalue weighted by molar-refractivity contribution is 6.31. The number of aromatic nitrogens is 1. The number of rotatable bonds is 5. The summed E-state index contributed by atoms with van der Waals surface area (Å²) in [6, 6.07) is 20.3. The summed E-state index contributed by atoms with van der Waals surface area (Å²) in [5, 5.41) is 15.1. The van der Waals surface area contributed by atoms with Crippen LogP contribution in [-0.2, 0) is 9.53 Å². The van der Waals surface area contributed by atoms with Crippen molar-refractivity contribution in [3.63, 3.8) is 0 Å². The van der Waals surface area contributed by atoms with Crippen LogP contribution in [0.4, 0.5) is 8.78 Å². The van der Waals surface area contributed by atoms with Crippen molar-refractivity contribution in [3.8, 4) is 17.2 Å². The number of nitrogens with one attached hydrogen (secondary N) is 1. The maximum atomic E-state index is 14.0. The van der Waals surface area contributed by atoms with Gasteiger partial charge in [0.15, 0.2) is 0 Å². The largest absolute Gasteiger partial charge is 0.346 e. The smallest absolute Gasteiger partial charge is 0.271 e. The molecule has 0 bridgehead atoms. The molecular weight excluding hydrogens is 514 g/mol. The van der Waals surface area contributed by atoms with E-state index < -0.39 is 43.0 Å². The zero-order valence-corrected chi connectivity index (χ0v) is 20.9. The molecule has 1 unspecified atom stereocenters. The summed E-state index contributed by atoms with van der Waals surface area (Å²) in [5.41, 5.74) is 0.527. The molecule has 1 atom stereocenters. The number of amides is 2. The molecule has 2 heterocycles. The second-order valence-corrected chi connectivity index (χ2v) is 9.53. The van der Waals surface area contributed by atoms with Crippen molar-refractivity contribution in [1.82, 2.24) is 15.2 Å². The van der Waals surface area contributed by atoms with E-state index in [1.54, 1.807) is 12.1 Å². The van der Waals surface area contributed by atoms with E-state index >= 15 is 0 Å². The second kappa shape index (κ2) is 9.63. The van der Waals surface area contributed by atoms with Gasteiger partial charge in [-0.3, -0.25) is 19.5 Å². The zero-order chi connectivity index (χ0) is 27.1. The molecule has 0 spiro atoms. The van der Waals surface area contributed by atoms with Crippen LogP contribution >= 0.6 is 11.6 Å². The molecule has 1 aromatic heterocycles. The fraction of sp³-hybridized carbons (Fsp3) is 0.214. The zero-order valence-electron chi connectivity index (χ0n) is 20.2. The predicted octanol–water partition coefficient (Wildman–Crippen LogP) is 5.17. The number of carbonyl (C=O) groups is 2. The van der Waals surface area contributed by atoms with Crippen molar-refractivity contribution in [2.24, 2.45) is 0 Å². The molecule has 1 N–H and O–H groups in total. The minimum atomic E-state index is -3.28. The number of ether oxygens (including phenoxy) is 1. The lowest BCUT2D eigenvalue weighted by molar-refractivity contribution is -0.147. The average Bonchev–Trinajstić information content (AvgIpc) is 3.21. The molecule has 5 rings (SSSR count). The summed E-state index contributed by atoms with van der Waals surface area (Å²) < 4.78 is 33.0. The van der Waals surface area contributed by atoms with Crippen LogP contribution in [0.25, 0.3) is 32.8 Å². The number of nitrogens with zero attached hydrogens (tertiary/aromatic N) is 3. The minimum Gasteiger partial charge on any atom is -0.346 e. The number of carbonyl (C=O) groups excluding carboxylic acids is 2. The van der Waals surface area contributed by atoms with E-state index in [-0.39, 0.29) is 5.56 Å². The van der Waals surface area contributed by atoms with Crippen LogP contribution in [0, 0.1) is 11.3 Å². The Bertz CT molecular complexity index is 1640. The Morgan fingerprint density at radius 2 is 1.82 bits per heavy atom. The lowest BCUT2D eigenvalue weighted by Crippen LogP contribution is -2.51. The van der Waals surface area contributed by atoms with Crippen LogP contribution in [-0.4, -0.2) is 53.5 Å². The van der Waals surface area contributed by atoms with Crippen molar-refractivity contribution >= 4 is 45.1 Å². The normalized spacial score (nSPS) is 18.4. The molecule has 1 fully saturated rings. The maximum Gasteiger partial charge on any atom is 0.271 e. The Labute approximate surface area is 221 Å². The number of hydrogen-bond donors (Lipinski definition) is 1. The summed E-state index contributed by atoms with van der Waals surface area (Å²) in [4.78, 5) is 30.9.